The fraction of sp³-hybridized carbons (Fsp3) is 0.511. The number of allylic oxidation sites excluding steroid dienone is 1. The topological polar surface area (TPSA) is 136 Å². The smallest absolute Gasteiger partial charge is 0.262 e. The maximum absolute atomic E-state index is 13.4. The highest BCUT2D eigenvalue weighted by Crippen LogP contribution is 2.33. The van der Waals surface area contributed by atoms with Crippen molar-refractivity contribution in [3.05, 3.63) is 89.0 Å². The van der Waals surface area contributed by atoms with E-state index in [4.69, 9.17) is 14.5 Å². The molecule has 0 radical (unpaired) electrons. The molecule has 2 atom stereocenters. The van der Waals surface area contributed by atoms with Crippen molar-refractivity contribution in [3.8, 4) is 5.75 Å². The van der Waals surface area contributed by atoms with Crippen LogP contribution in [-0.2, 0) is 16.1 Å². The molecule has 1 unspecified atom stereocenters. The number of anilines is 2. The van der Waals surface area contributed by atoms with Crippen LogP contribution >= 0.6 is 0 Å². The number of hydrogen-bond donors (Lipinski definition) is 1. The molecular formula is C45H55N9O5. The number of hydrogen-bond acceptors (Lipinski definition) is 12. The number of aromatic nitrogens is 2. The number of aliphatic imine (C=N–C) groups is 1. The van der Waals surface area contributed by atoms with E-state index in [1.165, 1.54) is 5.56 Å². The molecular weight excluding hydrogens is 747 g/mol. The summed E-state index contributed by atoms with van der Waals surface area (Å²) in [5.74, 6) is 1.27. The summed E-state index contributed by atoms with van der Waals surface area (Å²) in [6.45, 7) is 19.0. The summed E-state index contributed by atoms with van der Waals surface area (Å²) >= 11 is 0. The van der Waals surface area contributed by atoms with Crippen molar-refractivity contribution in [2.24, 2.45) is 10.9 Å². The van der Waals surface area contributed by atoms with Crippen LogP contribution in [0.2, 0.25) is 0 Å². The van der Waals surface area contributed by atoms with Crippen LogP contribution in [0, 0.1) is 5.92 Å². The number of piperidine rings is 2. The Kier molecular flexibility index (Phi) is 11.2. The van der Waals surface area contributed by atoms with Crippen molar-refractivity contribution in [1.29, 1.82) is 0 Å². The van der Waals surface area contributed by atoms with Crippen molar-refractivity contribution >= 4 is 34.9 Å². The Hall–Kier alpha value is -5.18. The lowest BCUT2D eigenvalue weighted by molar-refractivity contribution is -0.125. The standard InChI is InChI=1S/C45H55N9O5/c1-29(2)59-34-7-5-32-25-46-42(37(32)23-34)39-24-41(48-28-47-39)53-20-21-58-35(27-53)12-13-50-16-18-51(19-17-50)26-31-10-14-52(15-11-31)33-6-8-36-38(22-33)45(57)54(44(36)56)40-9-4-30(3)49-43(40)55/h5-8,22-24,28-29,31,35,40H,3-4,9-21,25-27H2,1-2H3,(H,49,55)/t35-,40?/m0/s1. The number of carbonyl (C=O) groups is 3. The average molecular weight is 802 g/mol. The van der Waals surface area contributed by atoms with Gasteiger partial charge < -0.3 is 34.4 Å². The first-order valence-electron chi connectivity index (χ1n) is 21.4. The van der Waals surface area contributed by atoms with Gasteiger partial charge in [-0.2, -0.15) is 0 Å². The number of benzene rings is 2. The molecule has 6 aliphatic rings. The van der Waals surface area contributed by atoms with Gasteiger partial charge in [0, 0.05) is 88.5 Å². The summed E-state index contributed by atoms with van der Waals surface area (Å²) in [6.07, 6.45) is 6.01. The molecule has 7 heterocycles. The third-order valence-corrected chi connectivity index (χ3v) is 12.7. The predicted octanol–water partition coefficient (Wildman–Crippen LogP) is 4.13. The zero-order valence-electron chi connectivity index (χ0n) is 34.3. The second-order valence-corrected chi connectivity index (χ2v) is 17.1. The van der Waals surface area contributed by atoms with Crippen LogP contribution in [0.5, 0.6) is 5.75 Å². The zero-order valence-corrected chi connectivity index (χ0v) is 34.3. The fourth-order valence-corrected chi connectivity index (χ4v) is 9.48. The van der Waals surface area contributed by atoms with Crippen LogP contribution in [0.3, 0.4) is 0 Å². The number of morpholine rings is 1. The van der Waals surface area contributed by atoms with E-state index in [2.05, 4.69) is 59.7 Å². The van der Waals surface area contributed by atoms with E-state index in [-0.39, 0.29) is 29.9 Å². The van der Waals surface area contributed by atoms with E-state index in [9.17, 15) is 14.4 Å². The molecule has 1 aromatic heterocycles. The van der Waals surface area contributed by atoms with Crippen molar-refractivity contribution in [1.82, 2.24) is 30.0 Å². The number of rotatable bonds is 11. The van der Waals surface area contributed by atoms with E-state index in [1.54, 1.807) is 12.4 Å². The van der Waals surface area contributed by atoms with E-state index in [0.717, 1.165) is 124 Å². The average Bonchev–Trinajstić information content (AvgIpc) is 3.78. The van der Waals surface area contributed by atoms with Crippen LogP contribution in [-0.4, -0.2) is 138 Å². The SMILES string of the molecule is C=C1CCC(N2C(=O)c3ccc(N4CCC(CN5CCN(CC[C@H]6CN(c7cc(C8=NCc9ccc(OC(C)C)cc98)ncn7)CCO6)CC5)CC4)cc3C2=O)C(=O)N1. The number of imide groups is 1. The summed E-state index contributed by atoms with van der Waals surface area (Å²) in [7, 11) is 0. The molecule has 14 heteroatoms. The third-order valence-electron chi connectivity index (χ3n) is 12.7. The molecule has 4 saturated heterocycles. The largest absolute Gasteiger partial charge is 0.491 e. The normalized spacial score (nSPS) is 23.2. The van der Waals surface area contributed by atoms with Crippen LogP contribution in [0.1, 0.15) is 83.5 Å². The Bertz CT molecular complexity index is 2140. The Morgan fingerprint density at radius 2 is 1.66 bits per heavy atom. The molecule has 3 amide bonds. The van der Waals surface area contributed by atoms with Gasteiger partial charge in [0.05, 0.1) is 47.9 Å². The van der Waals surface area contributed by atoms with Crippen LogP contribution in [0.25, 0.3) is 0 Å². The monoisotopic (exact) mass is 801 g/mol. The number of fused-ring (bicyclic) bond motifs is 2. The van der Waals surface area contributed by atoms with E-state index in [0.29, 0.717) is 48.7 Å². The van der Waals surface area contributed by atoms with E-state index >= 15 is 0 Å². The molecule has 0 saturated carbocycles. The minimum absolute atomic E-state index is 0.104. The zero-order chi connectivity index (χ0) is 40.6. The minimum atomic E-state index is -0.797. The van der Waals surface area contributed by atoms with Gasteiger partial charge in [0.1, 0.15) is 23.9 Å². The minimum Gasteiger partial charge on any atom is -0.491 e. The summed E-state index contributed by atoms with van der Waals surface area (Å²) in [5.41, 5.74) is 6.36. The third kappa shape index (κ3) is 8.35. The van der Waals surface area contributed by atoms with Gasteiger partial charge in [-0.25, -0.2) is 9.97 Å². The lowest BCUT2D eigenvalue weighted by Gasteiger charge is -2.40. The molecule has 9 rings (SSSR count). The van der Waals surface area contributed by atoms with Gasteiger partial charge in [-0.05, 0) is 87.8 Å². The lowest BCUT2D eigenvalue weighted by Crippen LogP contribution is -2.51. The van der Waals surface area contributed by atoms with Crippen molar-refractivity contribution in [2.45, 2.75) is 70.7 Å². The molecule has 0 bridgehead atoms. The summed E-state index contributed by atoms with van der Waals surface area (Å²) in [6, 6.07) is 13.0. The first-order chi connectivity index (χ1) is 28.7. The number of ether oxygens (including phenoxy) is 2. The number of carbonyl (C=O) groups excluding carboxylic acids is 3. The van der Waals surface area contributed by atoms with Gasteiger partial charge in [0.25, 0.3) is 11.8 Å². The molecule has 0 spiro atoms. The first kappa shape index (κ1) is 39.3. The highest BCUT2D eigenvalue weighted by atomic mass is 16.5. The number of piperazine rings is 1. The summed E-state index contributed by atoms with van der Waals surface area (Å²) in [5, 5.41) is 2.70. The Labute approximate surface area is 346 Å². The molecule has 2 aromatic carbocycles. The Balaban J connectivity index is 0.714. The Morgan fingerprint density at radius 3 is 2.46 bits per heavy atom. The van der Waals surface area contributed by atoms with Crippen molar-refractivity contribution in [3.63, 3.8) is 0 Å². The first-order valence-corrected chi connectivity index (χ1v) is 21.4. The van der Waals surface area contributed by atoms with Crippen LogP contribution < -0.4 is 19.9 Å². The molecule has 14 nitrogen and oxygen atoms in total. The highest BCUT2D eigenvalue weighted by Gasteiger charge is 2.44. The Morgan fingerprint density at radius 1 is 0.864 bits per heavy atom. The molecule has 310 valence electrons. The molecule has 3 aromatic rings. The molecule has 1 N–H and O–H groups in total. The second-order valence-electron chi connectivity index (χ2n) is 17.1. The number of nitrogens with zero attached hydrogens (tertiary/aromatic N) is 8. The van der Waals surface area contributed by atoms with E-state index < -0.39 is 6.04 Å². The highest BCUT2D eigenvalue weighted by molar-refractivity contribution is 6.23. The lowest BCUT2D eigenvalue weighted by atomic mass is 9.95. The van der Waals surface area contributed by atoms with Crippen LogP contribution in [0.4, 0.5) is 11.5 Å². The van der Waals surface area contributed by atoms with Gasteiger partial charge >= 0.3 is 0 Å². The molecule has 0 aliphatic carbocycles. The summed E-state index contributed by atoms with van der Waals surface area (Å²) < 4.78 is 12.2. The fourth-order valence-electron chi connectivity index (χ4n) is 9.48. The number of nitrogens with one attached hydrogen (secondary N) is 1. The van der Waals surface area contributed by atoms with E-state index in [1.807, 2.05) is 32.0 Å². The van der Waals surface area contributed by atoms with Gasteiger partial charge in [-0.15, -0.1) is 0 Å². The van der Waals surface area contributed by atoms with Gasteiger partial charge in [0.2, 0.25) is 5.91 Å². The van der Waals surface area contributed by atoms with Gasteiger partial charge in [-0.1, -0.05) is 12.6 Å². The predicted molar refractivity (Wildman–Crippen MR) is 225 cm³/mol. The quantitative estimate of drug-likeness (QED) is 0.281. The number of amides is 3. The maximum atomic E-state index is 13.4. The van der Waals surface area contributed by atoms with Crippen molar-refractivity contribution in [2.75, 3.05) is 81.9 Å². The second kappa shape index (κ2) is 16.8. The van der Waals surface area contributed by atoms with Crippen molar-refractivity contribution < 1.29 is 23.9 Å². The maximum Gasteiger partial charge on any atom is 0.262 e. The van der Waals surface area contributed by atoms with Crippen LogP contribution in [0.15, 0.2) is 66.1 Å². The van der Waals surface area contributed by atoms with Gasteiger partial charge in [-0.3, -0.25) is 24.3 Å². The molecule has 4 fully saturated rings. The summed E-state index contributed by atoms with van der Waals surface area (Å²) in [4.78, 5) is 64.4. The molecule has 6 aliphatic heterocycles. The molecule has 59 heavy (non-hydrogen) atoms. The van der Waals surface area contributed by atoms with Gasteiger partial charge in [0.15, 0.2) is 0 Å².